The fourth-order valence-electron chi connectivity index (χ4n) is 5.82. The maximum Gasteiger partial charge on any atom is 0.238 e. The first-order valence-electron chi connectivity index (χ1n) is 9.57. The first-order valence-corrected chi connectivity index (χ1v) is 9.95. The lowest BCUT2D eigenvalue weighted by molar-refractivity contribution is -0.125. The summed E-state index contributed by atoms with van der Waals surface area (Å²) in [6.45, 7) is 0. The molecule has 0 unspecified atom stereocenters. The van der Waals surface area contributed by atoms with E-state index in [1.54, 1.807) is 0 Å². The summed E-state index contributed by atoms with van der Waals surface area (Å²) >= 11 is 6.02. The van der Waals surface area contributed by atoms with Crippen LogP contribution in [0.15, 0.2) is 59.8 Å². The van der Waals surface area contributed by atoms with Gasteiger partial charge in [0.05, 0.1) is 23.2 Å². The molecule has 140 valence electrons. The molecule has 6 atom stereocenters. The fraction of sp³-hybridized carbons (Fsp3) is 0.318. The highest BCUT2D eigenvalue weighted by molar-refractivity contribution is 6.30. The van der Waals surface area contributed by atoms with Crippen molar-refractivity contribution in [3.05, 3.63) is 65.2 Å². The summed E-state index contributed by atoms with van der Waals surface area (Å²) in [5, 5.41) is 5.02. The number of fused-ring (bicyclic) bond motifs is 8. The second kappa shape index (κ2) is 5.67. The molecule has 2 amide bonds. The molecule has 2 aromatic rings. The minimum atomic E-state index is -0.293. The molecule has 3 fully saturated rings. The van der Waals surface area contributed by atoms with Crippen LogP contribution in [0.25, 0.3) is 0 Å². The van der Waals surface area contributed by atoms with Crippen LogP contribution in [0.3, 0.4) is 0 Å². The Morgan fingerprint density at radius 3 is 2.29 bits per heavy atom. The average Bonchev–Trinajstić information content (AvgIpc) is 3.44. The number of halogens is 1. The van der Waals surface area contributed by atoms with Gasteiger partial charge in [0.1, 0.15) is 6.10 Å². The van der Waals surface area contributed by atoms with E-state index in [0.717, 1.165) is 17.7 Å². The number of imide groups is 1. The van der Waals surface area contributed by atoms with E-state index in [9.17, 15) is 9.59 Å². The van der Waals surface area contributed by atoms with Crippen LogP contribution >= 0.6 is 11.6 Å². The van der Waals surface area contributed by atoms with Crippen LogP contribution in [0.1, 0.15) is 12.0 Å². The van der Waals surface area contributed by atoms with Crippen molar-refractivity contribution < 1.29 is 14.4 Å². The predicted octanol–water partition coefficient (Wildman–Crippen LogP) is 3.51. The molecular weight excluding hydrogens is 376 g/mol. The zero-order valence-electron chi connectivity index (χ0n) is 14.9. The van der Waals surface area contributed by atoms with Gasteiger partial charge in [0.15, 0.2) is 0 Å². The summed E-state index contributed by atoms with van der Waals surface area (Å²) in [4.78, 5) is 33.6. The van der Waals surface area contributed by atoms with Crippen LogP contribution in [0, 0.1) is 29.6 Å². The fourth-order valence-corrected chi connectivity index (χ4v) is 5.94. The molecule has 2 aromatic carbocycles. The Morgan fingerprint density at radius 2 is 1.57 bits per heavy atom. The van der Waals surface area contributed by atoms with Crippen molar-refractivity contribution in [2.75, 3.05) is 4.90 Å². The lowest BCUT2D eigenvalue weighted by Crippen LogP contribution is -2.41. The molecule has 0 aromatic heterocycles. The number of hydrogen-bond acceptors (Lipinski definition) is 4. The third-order valence-electron chi connectivity index (χ3n) is 6.84. The average molecular weight is 393 g/mol. The van der Waals surface area contributed by atoms with Crippen molar-refractivity contribution in [2.24, 2.45) is 34.7 Å². The normalized spacial score (nSPS) is 35.0. The van der Waals surface area contributed by atoms with Crippen molar-refractivity contribution in [1.29, 1.82) is 0 Å². The first kappa shape index (κ1) is 16.3. The monoisotopic (exact) mass is 392 g/mol. The molecule has 2 bridgehead atoms. The quantitative estimate of drug-likeness (QED) is 0.735. The van der Waals surface area contributed by atoms with Crippen LogP contribution in [0.4, 0.5) is 5.69 Å². The number of para-hydroxylation sites is 1. The number of rotatable bonds is 2. The maximum absolute atomic E-state index is 13.3. The van der Waals surface area contributed by atoms with Crippen molar-refractivity contribution in [3.8, 4) is 0 Å². The highest BCUT2D eigenvalue weighted by atomic mass is 35.5. The number of hydrogen-bond donors (Lipinski definition) is 0. The third-order valence-corrected chi connectivity index (χ3v) is 7.10. The molecule has 6 heteroatoms. The van der Waals surface area contributed by atoms with Crippen molar-refractivity contribution in [3.63, 3.8) is 0 Å². The number of nitrogens with zero attached hydrogens (tertiary/aromatic N) is 2. The Bertz CT molecular complexity index is 1020. The number of carbonyl (C=O) groups is 2. The highest BCUT2D eigenvalue weighted by Gasteiger charge is 2.70. The SMILES string of the molecule is O=C1[C@@H]2[C@H]3C[C@H]([C@@H]4ON=C(c5ccc(Cl)cc5)[C@H]34)[C@@H]2C(=O)N1c1ccccc1. The summed E-state index contributed by atoms with van der Waals surface area (Å²) < 4.78 is 0. The summed E-state index contributed by atoms with van der Waals surface area (Å²) in [5.74, 6) is -0.553. The molecule has 2 saturated carbocycles. The minimum absolute atomic E-state index is 0.0405. The Morgan fingerprint density at radius 1 is 0.893 bits per heavy atom. The number of anilines is 1. The molecule has 1 saturated heterocycles. The van der Waals surface area contributed by atoms with Gasteiger partial charge >= 0.3 is 0 Å². The van der Waals surface area contributed by atoms with Gasteiger partial charge in [0.25, 0.3) is 0 Å². The molecule has 5 nitrogen and oxygen atoms in total. The van der Waals surface area contributed by atoms with E-state index in [-0.39, 0.29) is 47.5 Å². The van der Waals surface area contributed by atoms with Gasteiger partial charge in [0.2, 0.25) is 11.8 Å². The molecule has 0 N–H and O–H groups in total. The molecule has 0 spiro atoms. The summed E-state index contributed by atoms with van der Waals surface area (Å²) in [7, 11) is 0. The van der Waals surface area contributed by atoms with Crippen LogP contribution in [-0.2, 0) is 14.4 Å². The number of oxime groups is 1. The molecule has 28 heavy (non-hydrogen) atoms. The van der Waals surface area contributed by atoms with E-state index in [1.165, 1.54) is 4.90 Å². The van der Waals surface area contributed by atoms with Gasteiger partial charge in [0, 0.05) is 16.9 Å². The van der Waals surface area contributed by atoms with Crippen molar-refractivity contribution >= 4 is 34.8 Å². The summed E-state index contributed by atoms with van der Waals surface area (Å²) in [6.07, 6.45) is 0.724. The number of amides is 2. The molecule has 2 aliphatic carbocycles. The molecule has 4 aliphatic rings. The van der Waals surface area contributed by atoms with E-state index >= 15 is 0 Å². The molecule has 0 radical (unpaired) electrons. The number of carbonyl (C=O) groups excluding carboxylic acids is 2. The van der Waals surface area contributed by atoms with Crippen LogP contribution in [0.5, 0.6) is 0 Å². The van der Waals surface area contributed by atoms with Crippen LogP contribution < -0.4 is 4.90 Å². The second-order valence-corrected chi connectivity index (χ2v) is 8.48. The molecule has 6 rings (SSSR count). The third kappa shape index (κ3) is 2.00. The molecule has 2 aliphatic heterocycles. The van der Waals surface area contributed by atoms with Crippen LogP contribution in [0.2, 0.25) is 5.02 Å². The van der Waals surface area contributed by atoms with Gasteiger partial charge in [-0.15, -0.1) is 0 Å². The summed E-state index contributed by atoms with van der Waals surface area (Å²) in [5.41, 5.74) is 2.51. The van der Waals surface area contributed by atoms with Gasteiger partial charge in [-0.2, -0.15) is 0 Å². The van der Waals surface area contributed by atoms with E-state index in [1.807, 2.05) is 54.6 Å². The van der Waals surface area contributed by atoms with E-state index < -0.39 is 0 Å². The zero-order chi connectivity index (χ0) is 19.0. The standard InChI is InChI=1S/C22H17ClN2O3/c23-12-8-6-11(7-9-12)19-18-14-10-15(20(18)28-24-19)17-16(14)21(26)25(22(17)27)13-4-2-1-3-5-13/h1-9,14-18,20H,10H2/t14-,15+,16-,17+,18+,20+/m1/s1. The minimum Gasteiger partial charge on any atom is -0.391 e. The summed E-state index contributed by atoms with van der Waals surface area (Å²) in [6, 6.07) is 16.8. The smallest absolute Gasteiger partial charge is 0.238 e. The van der Waals surface area contributed by atoms with E-state index in [0.29, 0.717) is 10.7 Å². The van der Waals surface area contributed by atoms with Gasteiger partial charge in [-0.1, -0.05) is 47.1 Å². The van der Waals surface area contributed by atoms with Gasteiger partial charge in [-0.05, 0) is 42.2 Å². The van der Waals surface area contributed by atoms with Crippen molar-refractivity contribution in [1.82, 2.24) is 0 Å². The molecular formula is C22H17ClN2O3. The Balaban J connectivity index is 1.36. The van der Waals surface area contributed by atoms with Gasteiger partial charge in [-0.3, -0.25) is 14.5 Å². The maximum atomic E-state index is 13.3. The molecule has 2 heterocycles. The Kier molecular flexibility index (Phi) is 3.30. The van der Waals surface area contributed by atoms with E-state index in [4.69, 9.17) is 16.4 Å². The topological polar surface area (TPSA) is 59.0 Å². The Labute approximate surface area is 166 Å². The number of benzene rings is 2. The van der Waals surface area contributed by atoms with Gasteiger partial charge in [-0.25, -0.2) is 0 Å². The lowest BCUT2D eigenvalue weighted by Gasteiger charge is -2.29. The van der Waals surface area contributed by atoms with E-state index in [2.05, 4.69) is 5.16 Å². The zero-order valence-corrected chi connectivity index (χ0v) is 15.6. The largest absolute Gasteiger partial charge is 0.391 e. The van der Waals surface area contributed by atoms with Crippen LogP contribution in [-0.4, -0.2) is 23.6 Å². The Hall–Kier alpha value is -2.66. The highest BCUT2D eigenvalue weighted by Crippen LogP contribution is 2.62. The van der Waals surface area contributed by atoms with Crippen molar-refractivity contribution in [2.45, 2.75) is 12.5 Å². The lowest BCUT2D eigenvalue weighted by atomic mass is 9.71. The second-order valence-electron chi connectivity index (χ2n) is 8.04. The van der Waals surface area contributed by atoms with Gasteiger partial charge < -0.3 is 4.84 Å². The predicted molar refractivity (Wildman–Crippen MR) is 104 cm³/mol. The first-order chi connectivity index (χ1) is 13.6.